The van der Waals surface area contributed by atoms with E-state index in [0.29, 0.717) is 12.3 Å². The van der Waals surface area contributed by atoms with Gasteiger partial charge in [0.15, 0.2) is 16.3 Å². The summed E-state index contributed by atoms with van der Waals surface area (Å²) in [7, 11) is 0. The van der Waals surface area contributed by atoms with Crippen molar-refractivity contribution in [1.29, 1.82) is 0 Å². The maximum Gasteiger partial charge on any atom is 0.179 e. The van der Waals surface area contributed by atoms with Crippen LogP contribution in [0.15, 0.2) is 48.5 Å². The van der Waals surface area contributed by atoms with Crippen molar-refractivity contribution in [3.05, 3.63) is 59.0 Å². The first kappa shape index (κ1) is 19.7. The highest BCUT2D eigenvalue weighted by Crippen LogP contribution is 2.50. The molecule has 2 heterocycles. The minimum atomic E-state index is -1.09. The van der Waals surface area contributed by atoms with Crippen molar-refractivity contribution < 1.29 is 8.93 Å². The number of β-amino-alcohol motifs (C(OH)–C–C–N with tert-alkyl or cyclic N) is 1. The van der Waals surface area contributed by atoms with E-state index in [2.05, 4.69) is 64.2 Å². The SMILES string of the molecule is CCN(CC)CCN1CC(O)(c2cc3ccccc3s2)c2c(OBr)cccc21. The molecule has 4 rings (SSSR count). The van der Waals surface area contributed by atoms with Gasteiger partial charge in [0.25, 0.3) is 0 Å². The zero-order valence-electron chi connectivity index (χ0n) is 16.2. The highest BCUT2D eigenvalue weighted by Gasteiger charge is 2.46. The van der Waals surface area contributed by atoms with Crippen LogP contribution < -0.4 is 8.73 Å². The number of thiophene rings is 1. The number of fused-ring (bicyclic) bond motifs is 2. The zero-order valence-corrected chi connectivity index (χ0v) is 18.6. The van der Waals surface area contributed by atoms with Gasteiger partial charge < -0.3 is 18.7 Å². The summed E-state index contributed by atoms with van der Waals surface area (Å²) in [6.07, 6.45) is 0. The van der Waals surface area contributed by atoms with Gasteiger partial charge in [0.05, 0.1) is 12.1 Å². The zero-order chi connectivity index (χ0) is 19.7. The summed E-state index contributed by atoms with van der Waals surface area (Å²) >= 11 is 4.79. The topological polar surface area (TPSA) is 35.9 Å². The van der Waals surface area contributed by atoms with Gasteiger partial charge in [0.2, 0.25) is 0 Å². The van der Waals surface area contributed by atoms with Gasteiger partial charge in [0, 0.05) is 28.4 Å². The first-order valence-electron chi connectivity index (χ1n) is 9.71. The number of benzene rings is 2. The van der Waals surface area contributed by atoms with Gasteiger partial charge in [-0.05, 0) is 42.7 Å². The molecule has 4 nitrogen and oxygen atoms in total. The quantitative estimate of drug-likeness (QED) is 0.538. The summed E-state index contributed by atoms with van der Waals surface area (Å²) < 4.78 is 6.67. The van der Waals surface area contributed by atoms with Crippen molar-refractivity contribution in [3.63, 3.8) is 0 Å². The predicted molar refractivity (Wildman–Crippen MR) is 121 cm³/mol. The summed E-state index contributed by atoms with van der Waals surface area (Å²) in [6, 6.07) is 16.4. The molecule has 0 saturated heterocycles. The van der Waals surface area contributed by atoms with Gasteiger partial charge in [-0.3, -0.25) is 0 Å². The second-order valence-electron chi connectivity index (χ2n) is 7.18. The average molecular weight is 461 g/mol. The van der Waals surface area contributed by atoms with Crippen LogP contribution in [0.5, 0.6) is 5.75 Å². The molecule has 28 heavy (non-hydrogen) atoms. The molecule has 3 aromatic rings. The lowest BCUT2D eigenvalue weighted by molar-refractivity contribution is 0.100. The van der Waals surface area contributed by atoms with Crippen LogP contribution in [-0.4, -0.2) is 42.7 Å². The molecule has 1 aliphatic rings. The third kappa shape index (κ3) is 3.32. The van der Waals surface area contributed by atoms with Crippen LogP contribution in [0.2, 0.25) is 0 Å². The monoisotopic (exact) mass is 460 g/mol. The molecule has 6 heteroatoms. The summed E-state index contributed by atoms with van der Waals surface area (Å²) in [4.78, 5) is 5.65. The van der Waals surface area contributed by atoms with Crippen molar-refractivity contribution in [2.24, 2.45) is 0 Å². The standard InChI is InChI=1S/C22H25BrN2O2S/c1-3-24(4-2)12-13-25-15-22(26,21-17(25)9-7-10-18(21)27-23)20-14-16-8-5-6-11-19(16)28-20/h5-11,14,26H,3-4,12-13,15H2,1-2H3. The summed E-state index contributed by atoms with van der Waals surface area (Å²) in [5.74, 6) is 0.669. The van der Waals surface area contributed by atoms with E-state index >= 15 is 0 Å². The Morgan fingerprint density at radius 1 is 1.18 bits per heavy atom. The van der Waals surface area contributed by atoms with Gasteiger partial charge >= 0.3 is 0 Å². The van der Waals surface area contributed by atoms with Gasteiger partial charge in [-0.1, -0.05) is 38.1 Å². The Balaban J connectivity index is 1.76. The first-order chi connectivity index (χ1) is 13.6. The Bertz CT molecular complexity index is 939. The average Bonchev–Trinajstić information content (AvgIpc) is 3.29. The molecule has 1 unspecified atom stereocenters. The number of anilines is 1. The lowest BCUT2D eigenvalue weighted by Gasteiger charge is -2.27. The third-order valence-corrected chi connectivity index (χ3v) is 7.29. The molecular weight excluding hydrogens is 436 g/mol. The number of hydrogen-bond acceptors (Lipinski definition) is 5. The van der Waals surface area contributed by atoms with Crippen molar-refractivity contribution in [1.82, 2.24) is 4.90 Å². The number of aliphatic hydroxyl groups is 1. The first-order valence-corrected chi connectivity index (χ1v) is 11.2. The lowest BCUT2D eigenvalue weighted by atomic mass is 9.93. The van der Waals surface area contributed by atoms with E-state index in [9.17, 15) is 5.11 Å². The predicted octanol–water partition coefficient (Wildman–Crippen LogP) is 4.99. The largest absolute Gasteiger partial charge is 0.418 e. The smallest absolute Gasteiger partial charge is 0.179 e. The van der Waals surface area contributed by atoms with Crippen molar-refractivity contribution in [2.45, 2.75) is 19.4 Å². The molecule has 0 amide bonds. The van der Waals surface area contributed by atoms with E-state index in [1.54, 1.807) is 11.3 Å². The molecule has 0 spiro atoms. The van der Waals surface area contributed by atoms with Crippen LogP contribution in [0.25, 0.3) is 10.1 Å². The van der Waals surface area contributed by atoms with E-state index in [1.165, 1.54) is 4.70 Å². The number of likely N-dealkylation sites (N-methyl/N-ethyl adjacent to an activating group) is 1. The number of nitrogens with zero attached hydrogens (tertiary/aromatic N) is 2. The molecule has 2 aromatic carbocycles. The van der Waals surface area contributed by atoms with Gasteiger partial charge in [-0.25, -0.2) is 0 Å². The normalized spacial score (nSPS) is 18.8. The minimum Gasteiger partial charge on any atom is -0.418 e. The Hall–Kier alpha value is -1.60. The molecule has 1 aromatic heterocycles. The van der Waals surface area contributed by atoms with E-state index < -0.39 is 5.60 Å². The van der Waals surface area contributed by atoms with Crippen molar-refractivity contribution in [2.75, 3.05) is 37.6 Å². The fraction of sp³-hybridized carbons (Fsp3) is 0.364. The molecular formula is C22H25BrN2O2S. The molecule has 0 fully saturated rings. The van der Waals surface area contributed by atoms with Crippen LogP contribution >= 0.6 is 27.6 Å². The van der Waals surface area contributed by atoms with E-state index in [-0.39, 0.29) is 0 Å². The summed E-state index contributed by atoms with van der Waals surface area (Å²) in [5, 5.41) is 13.1. The Kier molecular flexibility index (Phi) is 5.65. The Morgan fingerprint density at radius 2 is 1.96 bits per heavy atom. The lowest BCUT2D eigenvalue weighted by Crippen LogP contribution is -2.38. The number of hydrogen-bond donors (Lipinski definition) is 1. The second-order valence-corrected chi connectivity index (χ2v) is 8.59. The fourth-order valence-corrected chi connectivity index (χ4v) is 5.51. The Labute approximate surface area is 178 Å². The Morgan fingerprint density at radius 3 is 2.68 bits per heavy atom. The van der Waals surface area contributed by atoms with Crippen LogP contribution in [0.4, 0.5) is 5.69 Å². The third-order valence-electron chi connectivity index (χ3n) is 5.68. The van der Waals surface area contributed by atoms with Gasteiger partial charge in [-0.2, -0.15) is 0 Å². The molecule has 0 radical (unpaired) electrons. The molecule has 1 aliphatic heterocycles. The van der Waals surface area contributed by atoms with E-state index in [1.807, 2.05) is 24.3 Å². The maximum absolute atomic E-state index is 11.9. The van der Waals surface area contributed by atoms with Gasteiger partial charge in [0.1, 0.15) is 11.4 Å². The minimum absolute atomic E-state index is 0.532. The highest BCUT2D eigenvalue weighted by molar-refractivity contribution is 9.06. The molecule has 148 valence electrons. The molecule has 0 saturated carbocycles. The van der Waals surface area contributed by atoms with Crippen LogP contribution in [0.3, 0.4) is 0 Å². The van der Waals surface area contributed by atoms with Crippen molar-refractivity contribution >= 4 is 43.4 Å². The van der Waals surface area contributed by atoms with Crippen molar-refractivity contribution in [3.8, 4) is 5.75 Å². The molecule has 1 atom stereocenters. The van der Waals surface area contributed by atoms with Crippen LogP contribution in [0.1, 0.15) is 24.3 Å². The second kappa shape index (κ2) is 8.03. The highest BCUT2D eigenvalue weighted by atomic mass is 79.9. The maximum atomic E-state index is 11.9. The van der Waals surface area contributed by atoms with E-state index in [0.717, 1.165) is 47.7 Å². The summed E-state index contributed by atoms with van der Waals surface area (Å²) in [6.45, 7) is 8.80. The van der Waals surface area contributed by atoms with Gasteiger partial charge in [-0.15, -0.1) is 11.3 Å². The molecule has 0 aliphatic carbocycles. The number of halogens is 1. The van der Waals surface area contributed by atoms with Crippen LogP contribution in [0, 0.1) is 0 Å². The fourth-order valence-electron chi connectivity index (χ4n) is 4.09. The molecule has 0 bridgehead atoms. The number of rotatable bonds is 7. The van der Waals surface area contributed by atoms with E-state index in [4.69, 9.17) is 3.83 Å². The summed E-state index contributed by atoms with van der Waals surface area (Å²) in [5.41, 5.74) is 0.800. The van der Waals surface area contributed by atoms with Crippen LogP contribution in [-0.2, 0) is 5.60 Å². The molecule has 1 N–H and O–H groups in total.